The van der Waals surface area contributed by atoms with E-state index in [0.717, 1.165) is 5.56 Å². The van der Waals surface area contributed by atoms with Crippen LogP contribution in [0.15, 0.2) is 82.0 Å². The van der Waals surface area contributed by atoms with Gasteiger partial charge in [0, 0.05) is 17.2 Å². The number of fused-ring (bicyclic) bond motifs is 1. The van der Waals surface area contributed by atoms with Gasteiger partial charge in [-0.05, 0) is 25.5 Å². The summed E-state index contributed by atoms with van der Waals surface area (Å²) >= 11 is 0. The molecule has 0 radical (unpaired) electrons. The first-order valence-corrected chi connectivity index (χ1v) is 9.12. The zero-order valence-electron chi connectivity index (χ0n) is 16.1. The number of ether oxygens (including phenoxy) is 1. The van der Waals surface area contributed by atoms with E-state index in [9.17, 15) is 14.7 Å². The van der Waals surface area contributed by atoms with Gasteiger partial charge in [-0.3, -0.25) is 4.79 Å². The van der Waals surface area contributed by atoms with Gasteiger partial charge in [-0.25, -0.2) is 9.79 Å². The van der Waals surface area contributed by atoms with Gasteiger partial charge in [0.05, 0.1) is 12.3 Å². The molecule has 0 bridgehead atoms. The van der Waals surface area contributed by atoms with Crippen LogP contribution in [-0.4, -0.2) is 35.1 Å². The van der Waals surface area contributed by atoms with Crippen molar-refractivity contribution in [1.29, 1.82) is 0 Å². The third kappa shape index (κ3) is 4.55. The van der Waals surface area contributed by atoms with Crippen LogP contribution < -0.4 is 0 Å². The van der Waals surface area contributed by atoms with Gasteiger partial charge in [-0.15, -0.1) is 0 Å². The molecule has 0 unspecified atom stereocenters. The van der Waals surface area contributed by atoms with Crippen molar-refractivity contribution in [3.05, 3.63) is 88.7 Å². The molecule has 0 spiro atoms. The normalized spacial score (nSPS) is 15.1. The number of nitrogens with zero attached hydrogens (tertiary/aromatic N) is 2. The monoisotopic (exact) mass is 388 g/mol. The number of esters is 1. The standard InChI is InChI=1S/C23H20N2O4/c1-3-29-23(28)20(15(2)26)21-17-11-7-8-12-18(17)22(25-21)24-19(27)14-13-16-9-5-4-6-10-16/h4-14,26H,3H2,1-2H3/b14-13?,20-15+,24-22?. The molecule has 1 amide bonds. The van der Waals surface area contributed by atoms with Crippen molar-refractivity contribution in [2.45, 2.75) is 13.8 Å². The van der Waals surface area contributed by atoms with Crippen LogP contribution in [0, 0.1) is 0 Å². The second kappa shape index (κ2) is 8.93. The lowest BCUT2D eigenvalue weighted by molar-refractivity contribution is -0.138. The minimum absolute atomic E-state index is 0.0447. The maximum absolute atomic E-state index is 12.3. The Kier molecular flexibility index (Phi) is 6.14. The van der Waals surface area contributed by atoms with Crippen LogP contribution >= 0.6 is 0 Å². The van der Waals surface area contributed by atoms with Crippen molar-refractivity contribution in [2.24, 2.45) is 9.98 Å². The summed E-state index contributed by atoms with van der Waals surface area (Å²) < 4.78 is 5.04. The molecule has 1 aliphatic rings. The molecule has 0 saturated heterocycles. The fourth-order valence-electron chi connectivity index (χ4n) is 2.88. The van der Waals surface area contributed by atoms with Gasteiger partial charge in [0.1, 0.15) is 11.3 Å². The highest BCUT2D eigenvalue weighted by molar-refractivity contribution is 6.36. The van der Waals surface area contributed by atoms with Crippen molar-refractivity contribution in [3.8, 4) is 0 Å². The van der Waals surface area contributed by atoms with Crippen LogP contribution in [0.4, 0.5) is 0 Å². The summed E-state index contributed by atoms with van der Waals surface area (Å²) in [6, 6.07) is 16.5. The van der Waals surface area contributed by atoms with Crippen molar-refractivity contribution in [1.82, 2.24) is 0 Å². The van der Waals surface area contributed by atoms with Crippen molar-refractivity contribution in [2.75, 3.05) is 6.61 Å². The summed E-state index contributed by atoms with van der Waals surface area (Å²) in [6.45, 7) is 3.23. The molecule has 6 heteroatoms. The van der Waals surface area contributed by atoms with Crippen molar-refractivity contribution in [3.63, 3.8) is 0 Å². The number of benzene rings is 2. The fraction of sp³-hybridized carbons (Fsp3) is 0.130. The Morgan fingerprint density at radius 3 is 2.38 bits per heavy atom. The Bertz CT molecular complexity index is 1060. The molecule has 0 aromatic heterocycles. The van der Waals surface area contributed by atoms with E-state index < -0.39 is 11.9 Å². The summed E-state index contributed by atoms with van der Waals surface area (Å²) in [5.74, 6) is -1.20. The molecular weight excluding hydrogens is 368 g/mol. The van der Waals surface area contributed by atoms with Crippen LogP contribution in [0.25, 0.3) is 6.08 Å². The van der Waals surface area contributed by atoms with Crippen LogP contribution in [0.3, 0.4) is 0 Å². The first-order valence-electron chi connectivity index (χ1n) is 9.12. The highest BCUT2D eigenvalue weighted by atomic mass is 16.5. The van der Waals surface area contributed by atoms with E-state index in [1.54, 1.807) is 37.3 Å². The SMILES string of the molecule is CCOC(=O)/C(C1=NC(=NC(=O)C=Cc2ccccc2)c2ccccc21)=C(\C)O. The molecule has 2 aromatic rings. The molecular formula is C23H20N2O4. The zero-order valence-corrected chi connectivity index (χ0v) is 16.1. The Morgan fingerprint density at radius 2 is 1.72 bits per heavy atom. The van der Waals surface area contributed by atoms with Crippen molar-refractivity contribution >= 4 is 29.5 Å². The summed E-state index contributed by atoms with van der Waals surface area (Å²) in [4.78, 5) is 33.1. The molecule has 0 saturated carbocycles. The lowest BCUT2D eigenvalue weighted by Gasteiger charge is -2.08. The number of aliphatic imine (C=N–C) groups is 2. The predicted molar refractivity (Wildman–Crippen MR) is 112 cm³/mol. The average molecular weight is 388 g/mol. The van der Waals surface area contributed by atoms with Crippen LogP contribution in [-0.2, 0) is 14.3 Å². The molecule has 0 fully saturated rings. The van der Waals surface area contributed by atoms with E-state index in [0.29, 0.717) is 11.1 Å². The molecule has 146 valence electrons. The summed E-state index contributed by atoms with van der Waals surface area (Å²) in [7, 11) is 0. The van der Waals surface area contributed by atoms with Crippen LogP contribution in [0.2, 0.25) is 0 Å². The Labute approximate surface area is 168 Å². The summed E-state index contributed by atoms with van der Waals surface area (Å²) in [5, 5.41) is 10.1. The lowest BCUT2D eigenvalue weighted by Crippen LogP contribution is -2.18. The number of hydrogen-bond donors (Lipinski definition) is 1. The van der Waals surface area contributed by atoms with E-state index in [1.165, 1.54) is 13.0 Å². The van der Waals surface area contributed by atoms with Crippen LogP contribution in [0.5, 0.6) is 0 Å². The Balaban J connectivity index is 1.98. The molecule has 1 heterocycles. The topological polar surface area (TPSA) is 88.3 Å². The number of allylic oxidation sites excluding steroid dienone is 1. The number of aliphatic hydroxyl groups excluding tert-OH is 1. The van der Waals surface area contributed by atoms with Gasteiger partial charge >= 0.3 is 5.97 Å². The molecule has 1 aliphatic heterocycles. The minimum atomic E-state index is -0.683. The Morgan fingerprint density at radius 1 is 1.07 bits per heavy atom. The van der Waals surface area contributed by atoms with Crippen LogP contribution in [0.1, 0.15) is 30.5 Å². The van der Waals surface area contributed by atoms with Gasteiger partial charge in [0.25, 0.3) is 5.91 Å². The van der Waals surface area contributed by atoms with E-state index in [-0.39, 0.29) is 29.5 Å². The number of aliphatic hydroxyl groups is 1. The summed E-state index contributed by atoms with van der Waals surface area (Å²) in [6.07, 6.45) is 3.03. The van der Waals surface area contributed by atoms with E-state index in [4.69, 9.17) is 4.74 Å². The second-order valence-corrected chi connectivity index (χ2v) is 6.20. The van der Waals surface area contributed by atoms with Gasteiger partial charge < -0.3 is 9.84 Å². The second-order valence-electron chi connectivity index (χ2n) is 6.20. The van der Waals surface area contributed by atoms with Crippen molar-refractivity contribution < 1.29 is 19.4 Å². The van der Waals surface area contributed by atoms with E-state index >= 15 is 0 Å². The van der Waals surface area contributed by atoms with Gasteiger partial charge in [-0.1, -0.05) is 54.6 Å². The molecule has 0 atom stereocenters. The first kappa shape index (κ1) is 19.9. The third-order valence-corrected chi connectivity index (χ3v) is 4.15. The maximum atomic E-state index is 12.3. The first-order chi connectivity index (χ1) is 14.0. The maximum Gasteiger partial charge on any atom is 0.343 e. The number of rotatable bonds is 5. The van der Waals surface area contributed by atoms with E-state index in [2.05, 4.69) is 9.98 Å². The lowest BCUT2D eigenvalue weighted by atomic mass is 9.99. The number of amides is 1. The number of carbonyl (C=O) groups excluding carboxylic acids is 2. The summed E-state index contributed by atoms with van der Waals surface area (Å²) in [5.41, 5.74) is 2.27. The van der Waals surface area contributed by atoms with Gasteiger partial charge in [0.2, 0.25) is 0 Å². The molecule has 6 nitrogen and oxygen atoms in total. The van der Waals surface area contributed by atoms with E-state index in [1.807, 2.05) is 30.3 Å². The smallest absolute Gasteiger partial charge is 0.343 e. The number of hydrogen-bond acceptors (Lipinski definition) is 4. The Hall–Kier alpha value is -3.80. The molecule has 1 N–H and O–H groups in total. The highest BCUT2D eigenvalue weighted by Gasteiger charge is 2.30. The molecule has 3 rings (SSSR count). The molecule has 29 heavy (non-hydrogen) atoms. The quantitative estimate of drug-likeness (QED) is 0.478. The fourth-order valence-corrected chi connectivity index (χ4v) is 2.88. The van der Waals surface area contributed by atoms with Gasteiger partial charge in [-0.2, -0.15) is 4.99 Å². The number of carbonyl (C=O) groups is 2. The highest BCUT2D eigenvalue weighted by Crippen LogP contribution is 2.25. The zero-order chi connectivity index (χ0) is 20.8. The average Bonchev–Trinajstić information content (AvgIpc) is 3.05. The molecule has 2 aromatic carbocycles. The third-order valence-electron chi connectivity index (χ3n) is 4.15. The predicted octanol–water partition coefficient (Wildman–Crippen LogP) is 3.87. The number of amidine groups is 1. The molecule has 0 aliphatic carbocycles. The largest absolute Gasteiger partial charge is 0.512 e. The minimum Gasteiger partial charge on any atom is -0.512 e. The van der Waals surface area contributed by atoms with Gasteiger partial charge in [0.15, 0.2) is 5.84 Å².